The first-order valence-electron chi connectivity index (χ1n) is 9.08. The van der Waals surface area contributed by atoms with Crippen LogP contribution in [0.1, 0.15) is 43.8 Å². The summed E-state index contributed by atoms with van der Waals surface area (Å²) >= 11 is 0. The molecule has 1 amide bonds. The first kappa shape index (κ1) is 17.4. The Balaban J connectivity index is 1.45. The molecule has 24 heavy (non-hydrogen) atoms. The molecule has 5 nitrogen and oxygen atoms in total. The van der Waals surface area contributed by atoms with Crippen molar-refractivity contribution in [2.75, 3.05) is 26.2 Å². The maximum Gasteiger partial charge on any atom is 0.234 e. The number of ether oxygens (including phenoxy) is 1. The maximum atomic E-state index is 12.2. The van der Waals surface area contributed by atoms with Crippen LogP contribution in [0.5, 0.6) is 0 Å². The molecule has 2 N–H and O–H groups in total. The Hall–Kier alpha value is -1.43. The molecule has 5 heteroatoms. The van der Waals surface area contributed by atoms with Crippen LogP contribution < -0.4 is 5.32 Å². The van der Waals surface area contributed by atoms with Crippen LogP contribution in [0.25, 0.3) is 0 Å². The summed E-state index contributed by atoms with van der Waals surface area (Å²) in [6.45, 7) is 2.77. The third kappa shape index (κ3) is 4.79. The molecule has 2 saturated heterocycles. The van der Waals surface area contributed by atoms with Crippen LogP contribution in [-0.2, 0) is 9.53 Å². The number of carbonyl (C=O) groups excluding carboxylic acids is 1. The van der Waals surface area contributed by atoms with Crippen molar-refractivity contribution in [3.05, 3.63) is 35.9 Å². The molecule has 0 spiro atoms. The minimum absolute atomic E-state index is 0.0617. The van der Waals surface area contributed by atoms with Gasteiger partial charge < -0.3 is 15.2 Å². The van der Waals surface area contributed by atoms with Gasteiger partial charge in [-0.1, -0.05) is 30.3 Å². The lowest BCUT2D eigenvalue weighted by atomic mass is 10.0. The Morgan fingerprint density at radius 2 is 2.12 bits per heavy atom. The van der Waals surface area contributed by atoms with Gasteiger partial charge >= 0.3 is 0 Å². The van der Waals surface area contributed by atoms with Crippen molar-refractivity contribution in [3.63, 3.8) is 0 Å². The zero-order valence-electron chi connectivity index (χ0n) is 14.2. The maximum absolute atomic E-state index is 12.2. The van der Waals surface area contributed by atoms with E-state index in [9.17, 15) is 9.90 Å². The molecule has 2 aliphatic rings. The summed E-state index contributed by atoms with van der Waals surface area (Å²) < 4.78 is 5.53. The second-order valence-corrected chi connectivity index (χ2v) is 6.87. The predicted octanol–water partition coefficient (Wildman–Crippen LogP) is 1.87. The lowest BCUT2D eigenvalue weighted by Crippen LogP contribution is -2.42. The summed E-state index contributed by atoms with van der Waals surface area (Å²) in [4.78, 5) is 14.4. The minimum atomic E-state index is -0.466. The van der Waals surface area contributed by atoms with E-state index in [-0.39, 0.29) is 18.1 Å². The summed E-state index contributed by atoms with van der Waals surface area (Å²) in [6, 6.07) is 10.0. The van der Waals surface area contributed by atoms with Gasteiger partial charge in [-0.2, -0.15) is 0 Å². The van der Waals surface area contributed by atoms with Crippen molar-refractivity contribution >= 4 is 5.91 Å². The molecule has 3 atom stereocenters. The smallest absolute Gasteiger partial charge is 0.234 e. The molecular weight excluding hydrogens is 304 g/mol. The lowest BCUT2D eigenvalue weighted by Gasteiger charge is -2.26. The fourth-order valence-corrected chi connectivity index (χ4v) is 3.71. The van der Waals surface area contributed by atoms with E-state index >= 15 is 0 Å². The standard InChI is InChI=1S/C19H28N2O3/c22-18(15-6-2-1-3-7-15)12-16-8-4-10-21(16)14-19(23)20-13-17-9-5-11-24-17/h1-3,6-7,16-18,22H,4-5,8-14H2,(H,20,23). The van der Waals surface area contributed by atoms with E-state index in [0.29, 0.717) is 19.5 Å². The highest BCUT2D eigenvalue weighted by Crippen LogP contribution is 2.27. The van der Waals surface area contributed by atoms with Crippen LogP contribution in [0, 0.1) is 0 Å². The van der Waals surface area contributed by atoms with E-state index in [1.54, 1.807) is 0 Å². The third-order valence-electron chi connectivity index (χ3n) is 5.08. The second-order valence-electron chi connectivity index (χ2n) is 6.87. The van der Waals surface area contributed by atoms with Gasteiger partial charge in [-0.25, -0.2) is 0 Å². The fourth-order valence-electron chi connectivity index (χ4n) is 3.71. The van der Waals surface area contributed by atoms with E-state index in [0.717, 1.165) is 44.4 Å². The molecule has 3 unspecified atom stereocenters. The van der Waals surface area contributed by atoms with E-state index in [2.05, 4.69) is 10.2 Å². The largest absolute Gasteiger partial charge is 0.388 e. The Bertz CT molecular complexity index is 517. The highest BCUT2D eigenvalue weighted by atomic mass is 16.5. The molecule has 2 fully saturated rings. The van der Waals surface area contributed by atoms with Crippen molar-refractivity contribution in [2.45, 2.75) is 50.4 Å². The normalized spacial score (nSPS) is 25.7. The number of hydrogen-bond acceptors (Lipinski definition) is 4. The van der Waals surface area contributed by atoms with Crippen molar-refractivity contribution in [2.24, 2.45) is 0 Å². The molecule has 1 aromatic rings. The molecule has 2 heterocycles. The molecule has 0 aromatic heterocycles. The number of nitrogens with zero attached hydrogens (tertiary/aromatic N) is 1. The highest BCUT2D eigenvalue weighted by molar-refractivity contribution is 5.78. The number of nitrogens with one attached hydrogen (secondary N) is 1. The van der Waals surface area contributed by atoms with Crippen LogP contribution in [-0.4, -0.2) is 54.3 Å². The zero-order chi connectivity index (χ0) is 16.8. The van der Waals surface area contributed by atoms with Gasteiger partial charge in [0.25, 0.3) is 0 Å². The summed E-state index contributed by atoms with van der Waals surface area (Å²) in [5.41, 5.74) is 0.951. The average Bonchev–Trinajstić information content (AvgIpc) is 3.26. The minimum Gasteiger partial charge on any atom is -0.388 e. The topological polar surface area (TPSA) is 61.8 Å². The SMILES string of the molecule is O=C(CN1CCCC1CC(O)c1ccccc1)NCC1CCCO1. The molecule has 132 valence electrons. The van der Waals surface area contributed by atoms with Gasteiger partial charge in [-0.15, -0.1) is 0 Å². The quantitative estimate of drug-likeness (QED) is 0.800. The molecule has 3 rings (SSSR count). The Morgan fingerprint density at radius 3 is 2.88 bits per heavy atom. The van der Waals surface area contributed by atoms with Gasteiger partial charge in [0.05, 0.1) is 18.8 Å². The number of amides is 1. The van der Waals surface area contributed by atoms with Gasteiger partial charge in [0, 0.05) is 19.2 Å². The Morgan fingerprint density at radius 1 is 1.29 bits per heavy atom. The average molecular weight is 332 g/mol. The summed E-state index contributed by atoms with van der Waals surface area (Å²) in [7, 11) is 0. The highest BCUT2D eigenvalue weighted by Gasteiger charge is 2.28. The van der Waals surface area contributed by atoms with Crippen molar-refractivity contribution in [1.82, 2.24) is 10.2 Å². The Labute approximate surface area is 144 Å². The summed E-state index contributed by atoms with van der Waals surface area (Å²) in [6.07, 6.45) is 4.66. The molecule has 0 saturated carbocycles. The van der Waals surface area contributed by atoms with Crippen LogP contribution in [0.2, 0.25) is 0 Å². The van der Waals surface area contributed by atoms with Crippen molar-refractivity contribution in [1.29, 1.82) is 0 Å². The van der Waals surface area contributed by atoms with Gasteiger partial charge in [0.15, 0.2) is 0 Å². The van der Waals surface area contributed by atoms with Gasteiger partial charge in [-0.05, 0) is 44.2 Å². The number of aliphatic hydroxyl groups is 1. The van der Waals surface area contributed by atoms with Crippen molar-refractivity contribution < 1.29 is 14.6 Å². The molecule has 2 aliphatic heterocycles. The van der Waals surface area contributed by atoms with Crippen LogP contribution >= 0.6 is 0 Å². The first-order chi connectivity index (χ1) is 11.7. The number of likely N-dealkylation sites (tertiary alicyclic amines) is 1. The number of rotatable bonds is 7. The van der Waals surface area contributed by atoms with Crippen LogP contribution in [0.15, 0.2) is 30.3 Å². The van der Waals surface area contributed by atoms with Crippen LogP contribution in [0.4, 0.5) is 0 Å². The summed E-state index contributed by atoms with van der Waals surface area (Å²) in [5.74, 6) is 0.0617. The van der Waals surface area contributed by atoms with E-state index in [4.69, 9.17) is 4.74 Å². The second kappa shape index (κ2) is 8.60. The third-order valence-corrected chi connectivity index (χ3v) is 5.08. The van der Waals surface area contributed by atoms with Gasteiger partial charge in [0.2, 0.25) is 5.91 Å². The monoisotopic (exact) mass is 332 g/mol. The van der Waals surface area contributed by atoms with E-state index in [1.165, 1.54) is 0 Å². The van der Waals surface area contributed by atoms with E-state index in [1.807, 2.05) is 30.3 Å². The lowest BCUT2D eigenvalue weighted by molar-refractivity contribution is -0.123. The molecule has 0 bridgehead atoms. The van der Waals surface area contributed by atoms with Gasteiger partial charge in [-0.3, -0.25) is 9.69 Å². The molecule has 0 aliphatic carbocycles. The molecular formula is C19H28N2O3. The Kier molecular flexibility index (Phi) is 6.24. The fraction of sp³-hybridized carbons (Fsp3) is 0.632. The van der Waals surface area contributed by atoms with Crippen LogP contribution in [0.3, 0.4) is 0 Å². The predicted molar refractivity (Wildman–Crippen MR) is 92.6 cm³/mol. The number of hydrogen-bond donors (Lipinski definition) is 2. The molecule has 1 aromatic carbocycles. The number of aliphatic hydroxyl groups excluding tert-OH is 1. The first-order valence-corrected chi connectivity index (χ1v) is 9.08. The van der Waals surface area contributed by atoms with Crippen molar-refractivity contribution in [3.8, 4) is 0 Å². The summed E-state index contributed by atoms with van der Waals surface area (Å²) in [5, 5.41) is 13.4. The molecule has 0 radical (unpaired) electrons. The van der Waals surface area contributed by atoms with E-state index < -0.39 is 6.10 Å². The number of carbonyl (C=O) groups is 1. The van der Waals surface area contributed by atoms with Gasteiger partial charge in [0.1, 0.15) is 0 Å². The zero-order valence-corrected chi connectivity index (χ0v) is 14.2. The number of benzene rings is 1.